The smallest absolute Gasteiger partial charge is 0.229 e. The number of anilines is 1. The van der Waals surface area contributed by atoms with Gasteiger partial charge in [0.1, 0.15) is 12.0 Å². The van der Waals surface area contributed by atoms with Crippen LogP contribution in [0.5, 0.6) is 0 Å². The van der Waals surface area contributed by atoms with Gasteiger partial charge in [-0.2, -0.15) is 0 Å². The molecule has 7 nitrogen and oxygen atoms in total. The third-order valence-corrected chi connectivity index (χ3v) is 5.32. The Bertz CT molecular complexity index is 1040. The maximum Gasteiger partial charge on any atom is 0.229 e. The number of carbonyl (C=O) groups excluding carboxylic acids is 1. The van der Waals surface area contributed by atoms with E-state index in [1.165, 1.54) is 19.1 Å². The average molecular weight is 412 g/mol. The standard InChI is InChI=1S/C21H22F2N6O/c1-12(22)16-9-25-20(30)19(16)17-7-8-24-21(28-17)27-13(2)18-10-29(11-26-18)15-5-3-14(23)4-6-15/h3-8,10-13,16,19H,9H2,1-2H3,(H,25,30)(H,24,27,28)/t12-,13-,16?,19+/m0/s1. The van der Waals surface area contributed by atoms with Crippen LogP contribution in [-0.4, -0.2) is 38.1 Å². The number of aromatic nitrogens is 4. The molecule has 3 aromatic rings. The Kier molecular flexibility index (Phi) is 5.43. The molecule has 4 rings (SSSR count). The number of halogens is 2. The third-order valence-electron chi connectivity index (χ3n) is 5.32. The van der Waals surface area contributed by atoms with Crippen molar-refractivity contribution in [3.8, 4) is 5.69 Å². The molecule has 0 saturated carbocycles. The van der Waals surface area contributed by atoms with Crippen LogP contribution in [0.4, 0.5) is 14.7 Å². The number of benzene rings is 1. The number of alkyl halides is 1. The molecule has 0 bridgehead atoms. The highest BCUT2D eigenvalue weighted by Gasteiger charge is 2.40. The Hall–Kier alpha value is -3.36. The molecule has 1 aliphatic heterocycles. The summed E-state index contributed by atoms with van der Waals surface area (Å²) in [6, 6.07) is 7.53. The topological polar surface area (TPSA) is 84.7 Å². The van der Waals surface area contributed by atoms with E-state index in [0.717, 1.165) is 11.4 Å². The molecule has 1 amide bonds. The molecular formula is C21H22F2N6O. The summed E-state index contributed by atoms with van der Waals surface area (Å²) in [6.07, 6.45) is 3.91. The number of hydrogen-bond donors (Lipinski definition) is 2. The summed E-state index contributed by atoms with van der Waals surface area (Å²) in [5.41, 5.74) is 2.02. The largest absolute Gasteiger partial charge is 0.355 e. The maximum atomic E-state index is 13.9. The Morgan fingerprint density at radius 1 is 1.20 bits per heavy atom. The molecule has 0 aliphatic carbocycles. The van der Waals surface area contributed by atoms with Crippen molar-refractivity contribution >= 4 is 11.9 Å². The number of nitrogens with one attached hydrogen (secondary N) is 2. The van der Waals surface area contributed by atoms with Crippen LogP contribution in [0.2, 0.25) is 0 Å². The molecule has 1 aliphatic rings. The summed E-state index contributed by atoms with van der Waals surface area (Å²) < 4.78 is 28.8. The molecule has 2 aromatic heterocycles. The van der Waals surface area contributed by atoms with Gasteiger partial charge in [0.25, 0.3) is 0 Å². The van der Waals surface area contributed by atoms with Crippen LogP contribution in [-0.2, 0) is 4.79 Å². The second-order valence-corrected chi connectivity index (χ2v) is 7.42. The fourth-order valence-electron chi connectivity index (χ4n) is 3.62. The first-order valence-electron chi connectivity index (χ1n) is 9.73. The fraction of sp³-hybridized carbons (Fsp3) is 0.333. The highest BCUT2D eigenvalue weighted by atomic mass is 19.1. The van der Waals surface area contributed by atoms with Crippen molar-refractivity contribution in [1.82, 2.24) is 24.8 Å². The summed E-state index contributed by atoms with van der Waals surface area (Å²) in [5, 5.41) is 5.88. The molecule has 0 spiro atoms. The molecule has 0 radical (unpaired) electrons. The lowest BCUT2D eigenvalue weighted by Gasteiger charge is -2.18. The first-order valence-corrected chi connectivity index (χ1v) is 9.73. The van der Waals surface area contributed by atoms with E-state index in [9.17, 15) is 13.6 Å². The minimum absolute atomic E-state index is 0.222. The van der Waals surface area contributed by atoms with E-state index >= 15 is 0 Å². The van der Waals surface area contributed by atoms with E-state index in [4.69, 9.17) is 0 Å². The molecule has 3 heterocycles. The molecular weight excluding hydrogens is 390 g/mol. The quantitative estimate of drug-likeness (QED) is 0.650. The summed E-state index contributed by atoms with van der Waals surface area (Å²) in [5.74, 6) is -1.28. The van der Waals surface area contributed by atoms with Crippen LogP contribution in [0.15, 0.2) is 49.1 Å². The highest BCUT2D eigenvalue weighted by molar-refractivity contribution is 5.85. The maximum absolute atomic E-state index is 13.9. The second-order valence-electron chi connectivity index (χ2n) is 7.42. The lowest BCUT2D eigenvalue weighted by atomic mass is 9.89. The monoisotopic (exact) mass is 412 g/mol. The number of rotatable bonds is 6. The van der Waals surface area contributed by atoms with Crippen LogP contribution < -0.4 is 10.6 Å². The van der Waals surface area contributed by atoms with E-state index in [0.29, 0.717) is 18.2 Å². The van der Waals surface area contributed by atoms with Crippen LogP contribution in [0.1, 0.15) is 37.2 Å². The molecule has 9 heteroatoms. The van der Waals surface area contributed by atoms with Gasteiger partial charge in [0.15, 0.2) is 0 Å². The van der Waals surface area contributed by atoms with Crippen LogP contribution >= 0.6 is 0 Å². The van der Waals surface area contributed by atoms with Gasteiger partial charge >= 0.3 is 0 Å². The van der Waals surface area contributed by atoms with E-state index in [2.05, 4.69) is 25.6 Å². The molecule has 1 saturated heterocycles. The average Bonchev–Trinajstić information content (AvgIpc) is 3.36. The first kappa shape index (κ1) is 19.9. The molecule has 156 valence electrons. The fourth-order valence-corrected chi connectivity index (χ4v) is 3.62. The second kappa shape index (κ2) is 8.17. The predicted molar refractivity (Wildman–Crippen MR) is 107 cm³/mol. The van der Waals surface area contributed by atoms with Crippen LogP contribution in [0.25, 0.3) is 5.69 Å². The van der Waals surface area contributed by atoms with Crippen LogP contribution in [0, 0.1) is 11.7 Å². The Morgan fingerprint density at radius 3 is 2.70 bits per heavy atom. The van der Waals surface area contributed by atoms with Gasteiger partial charge in [-0.05, 0) is 44.2 Å². The first-order chi connectivity index (χ1) is 14.4. The van der Waals surface area contributed by atoms with Gasteiger partial charge in [-0.15, -0.1) is 0 Å². The number of hydrogen-bond acceptors (Lipinski definition) is 5. The van der Waals surface area contributed by atoms with E-state index in [-0.39, 0.29) is 17.8 Å². The zero-order chi connectivity index (χ0) is 21.3. The summed E-state index contributed by atoms with van der Waals surface area (Å²) in [7, 11) is 0. The van der Waals surface area contributed by atoms with Gasteiger partial charge in [-0.25, -0.2) is 23.7 Å². The SMILES string of the molecule is C[C@H](Nc1nccc([C@@H]2C(=O)NCC2[C@H](C)F)n1)c1cn(-c2ccc(F)cc2)cn1. The normalized spacial score (nSPS) is 20.6. The van der Waals surface area contributed by atoms with E-state index < -0.39 is 18.0 Å². The van der Waals surface area contributed by atoms with Crippen molar-refractivity contribution < 1.29 is 13.6 Å². The lowest BCUT2D eigenvalue weighted by Crippen LogP contribution is -2.23. The zero-order valence-corrected chi connectivity index (χ0v) is 16.6. The van der Waals surface area contributed by atoms with Gasteiger partial charge in [0.2, 0.25) is 11.9 Å². The van der Waals surface area contributed by atoms with Crippen LogP contribution in [0.3, 0.4) is 0 Å². The lowest BCUT2D eigenvalue weighted by molar-refractivity contribution is -0.121. The van der Waals surface area contributed by atoms with Crippen molar-refractivity contribution in [2.24, 2.45) is 5.92 Å². The van der Waals surface area contributed by atoms with Gasteiger partial charge < -0.3 is 15.2 Å². The third kappa shape index (κ3) is 4.00. The van der Waals surface area contributed by atoms with Crippen molar-refractivity contribution in [3.63, 3.8) is 0 Å². The number of imidazole rings is 1. The zero-order valence-electron chi connectivity index (χ0n) is 16.6. The van der Waals surface area contributed by atoms with Crippen molar-refractivity contribution in [1.29, 1.82) is 0 Å². The Morgan fingerprint density at radius 2 is 1.97 bits per heavy atom. The summed E-state index contributed by atoms with van der Waals surface area (Å²) >= 11 is 0. The minimum Gasteiger partial charge on any atom is -0.355 e. The molecule has 2 N–H and O–H groups in total. The van der Waals surface area contributed by atoms with Gasteiger partial charge in [-0.3, -0.25) is 4.79 Å². The van der Waals surface area contributed by atoms with E-state index in [1.807, 2.05) is 13.1 Å². The Balaban J connectivity index is 1.50. The molecule has 30 heavy (non-hydrogen) atoms. The number of carbonyl (C=O) groups is 1. The molecule has 1 aromatic carbocycles. The molecule has 1 unspecified atom stereocenters. The van der Waals surface area contributed by atoms with Crippen molar-refractivity contribution in [3.05, 3.63) is 66.3 Å². The summed E-state index contributed by atoms with van der Waals surface area (Å²) in [6.45, 7) is 3.66. The molecule has 4 atom stereocenters. The highest BCUT2D eigenvalue weighted by Crippen LogP contribution is 2.32. The van der Waals surface area contributed by atoms with Gasteiger partial charge in [-0.1, -0.05) is 0 Å². The number of amides is 1. The van der Waals surface area contributed by atoms with Gasteiger partial charge in [0, 0.05) is 30.5 Å². The molecule has 1 fully saturated rings. The van der Waals surface area contributed by atoms with Gasteiger partial charge in [0.05, 0.1) is 29.7 Å². The van der Waals surface area contributed by atoms with E-state index in [1.54, 1.807) is 35.3 Å². The van der Waals surface area contributed by atoms with Crippen molar-refractivity contribution in [2.45, 2.75) is 32.0 Å². The van der Waals surface area contributed by atoms with Crippen molar-refractivity contribution in [2.75, 3.05) is 11.9 Å². The Labute approximate surface area is 172 Å². The number of nitrogens with zero attached hydrogens (tertiary/aromatic N) is 4. The predicted octanol–water partition coefficient (Wildman–Crippen LogP) is 3.16. The summed E-state index contributed by atoms with van der Waals surface area (Å²) in [4.78, 5) is 25.3. The minimum atomic E-state index is -1.13.